The van der Waals surface area contributed by atoms with Crippen LogP contribution in [-0.4, -0.2) is 38.9 Å². The molecule has 3 heterocycles. The topological polar surface area (TPSA) is 74.3 Å². The zero-order valence-corrected chi connectivity index (χ0v) is 16.1. The van der Waals surface area contributed by atoms with Crippen molar-refractivity contribution < 1.29 is 9.13 Å². The molecular formula is C19H22FN5O3. The van der Waals surface area contributed by atoms with Crippen LogP contribution < -0.4 is 16.1 Å². The van der Waals surface area contributed by atoms with Gasteiger partial charge >= 0.3 is 5.69 Å². The van der Waals surface area contributed by atoms with Crippen molar-refractivity contribution in [2.75, 3.05) is 25.2 Å². The van der Waals surface area contributed by atoms with E-state index in [9.17, 15) is 14.0 Å². The van der Waals surface area contributed by atoms with Gasteiger partial charge in [0.15, 0.2) is 11.2 Å². The fourth-order valence-corrected chi connectivity index (χ4v) is 3.72. The van der Waals surface area contributed by atoms with Crippen LogP contribution >= 0.6 is 0 Å². The number of rotatable bonds is 4. The molecule has 8 nitrogen and oxygen atoms in total. The highest BCUT2D eigenvalue weighted by Crippen LogP contribution is 2.32. The molecule has 28 heavy (non-hydrogen) atoms. The predicted octanol–water partition coefficient (Wildman–Crippen LogP) is 1.47. The van der Waals surface area contributed by atoms with E-state index in [0.29, 0.717) is 30.2 Å². The zero-order chi connectivity index (χ0) is 20.0. The lowest BCUT2D eigenvalue weighted by Crippen LogP contribution is -2.41. The Kier molecular flexibility index (Phi) is 4.54. The van der Waals surface area contributed by atoms with Gasteiger partial charge in [-0.25, -0.2) is 9.18 Å². The van der Waals surface area contributed by atoms with Crippen molar-refractivity contribution in [3.05, 3.63) is 50.9 Å². The van der Waals surface area contributed by atoms with Gasteiger partial charge in [0.25, 0.3) is 5.56 Å². The molecule has 1 aliphatic heterocycles. The highest BCUT2D eigenvalue weighted by Gasteiger charge is 2.29. The summed E-state index contributed by atoms with van der Waals surface area (Å²) < 4.78 is 22.8. The van der Waals surface area contributed by atoms with Crippen LogP contribution in [0.2, 0.25) is 0 Å². The molecule has 1 atom stereocenters. The number of hydrogen-bond donors (Lipinski definition) is 0. The first-order chi connectivity index (χ1) is 13.4. The molecule has 0 saturated heterocycles. The lowest BCUT2D eigenvalue weighted by molar-refractivity contribution is 0.184. The highest BCUT2D eigenvalue weighted by molar-refractivity contribution is 5.77. The number of methoxy groups -OCH3 is 1. The number of anilines is 2. The molecule has 0 amide bonds. The molecule has 3 aromatic rings. The minimum atomic E-state index is -0.425. The lowest BCUT2D eigenvalue weighted by Gasteiger charge is -2.32. The van der Waals surface area contributed by atoms with E-state index in [0.717, 1.165) is 5.69 Å². The van der Waals surface area contributed by atoms with Crippen LogP contribution in [0.4, 0.5) is 16.0 Å². The molecule has 4 rings (SSSR count). The molecule has 1 aliphatic rings. The summed E-state index contributed by atoms with van der Waals surface area (Å²) in [5.74, 6) is 0.501. The zero-order valence-electron chi connectivity index (χ0n) is 16.1. The normalized spacial score (nSPS) is 16.6. The van der Waals surface area contributed by atoms with Gasteiger partial charge in [0.2, 0.25) is 5.95 Å². The van der Waals surface area contributed by atoms with E-state index in [1.807, 2.05) is 9.47 Å². The van der Waals surface area contributed by atoms with E-state index in [1.165, 1.54) is 28.4 Å². The Morgan fingerprint density at radius 3 is 2.61 bits per heavy atom. The first kappa shape index (κ1) is 18.4. The van der Waals surface area contributed by atoms with Crippen molar-refractivity contribution in [1.82, 2.24) is 18.7 Å². The largest absolute Gasteiger partial charge is 0.383 e. The van der Waals surface area contributed by atoms with Gasteiger partial charge in [-0.3, -0.25) is 13.9 Å². The van der Waals surface area contributed by atoms with Gasteiger partial charge in [0.05, 0.1) is 13.2 Å². The summed E-state index contributed by atoms with van der Waals surface area (Å²) in [4.78, 5) is 32.3. The smallest absolute Gasteiger partial charge is 0.332 e. The summed E-state index contributed by atoms with van der Waals surface area (Å²) in [5.41, 5.74) is 0.731. The Morgan fingerprint density at radius 2 is 1.93 bits per heavy atom. The van der Waals surface area contributed by atoms with Crippen LogP contribution in [0.3, 0.4) is 0 Å². The second-order valence-electron chi connectivity index (χ2n) is 7.18. The fraction of sp³-hybridized carbons (Fsp3) is 0.421. The molecule has 1 aromatic carbocycles. The van der Waals surface area contributed by atoms with Gasteiger partial charge in [-0.15, -0.1) is 0 Å². The maximum atomic E-state index is 13.4. The molecular weight excluding hydrogens is 365 g/mol. The van der Waals surface area contributed by atoms with E-state index in [1.54, 1.807) is 19.2 Å². The standard InChI is InChI=1S/C19H22FN5O3/c1-12-10-24(14-6-4-13(20)5-7-14)18-21-16-15(25(18)11-12)17(26)23(8-9-28-3)19(27)22(16)2/h4-7,12H,8-11H2,1-3H3/t12-/m0/s1. The summed E-state index contributed by atoms with van der Waals surface area (Å²) in [7, 11) is 3.13. The fourth-order valence-electron chi connectivity index (χ4n) is 3.72. The number of hydrogen-bond acceptors (Lipinski definition) is 5. The third kappa shape index (κ3) is 2.82. The van der Waals surface area contributed by atoms with E-state index in [-0.39, 0.29) is 30.4 Å². The molecule has 0 radical (unpaired) electrons. The quantitative estimate of drug-likeness (QED) is 0.678. The Bertz CT molecular complexity index is 1150. The van der Waals surface area contributed by atoms with Crippen LogP contribution in [0.25, 0.3) is 11.2 Å². The van der Waals surface area contributed by atoms with Crippen LogP contribution in [0, 0.1) is 11.7 Å². The second kappa shape index (κ2) is 6.90. The number of fused-ring (bicyclic) bond motifs is 3. The van der Waals surface area contributed by atoms with Gasteiger partial charge in [0.1, 0.15) is 5.82 Å². The number of benzene rings is 1. The van der Waals surface area contributed by atoms with E-state index in [2.05, 4.69) is 11.9 Å². The Morgan fingerprint density at radius 1 is 1.21 bits per heavy atom. The molecule has 0 aliphatic carbocycles. The summed E-state index contributed by atoms with van der Waals surface area (Å²) in [6.07, 6.45) is 0. The first-order valence-electron chi connectivity index (χ1n) is 9.14. The number of halogens is 1. The van der Waals surface area contributed by atoms with Crippen molar-refractivity contribution in [3.63, 3.8) is 0 Å². The van der Waals surface area contributed by atoms with Crippen LogP contribution in [0.15, 0.2) is 33.9 Å². The average Bonchev–Trinajstić information content (AvgIpc) is 3.06. The van der Waals surface area contributed by atoms with Crippen molar-refractivity contribution in [2.45, 2.75) is 20.0 Å². The summed E-state index contributed by atoms with van der Waals surface area (Å²) in [5, 5.41) is 0. The minimum absolute atomic E-state index is 0.176. The molecule has 2 aromatic heterocycles. The molecule has 0 unspecified atom stereocenters. The molecule has 0 bridgehead atoms. The van der Waals surface area contributed by atoms with Gasteiger partial charge in [-0.2, -0.15) is 4.98 Å². The van der Waals surface area contributed by atoms with Crippen molar-refractivity contribution >= 4 is 22.8 Å². The van der Waals surface area contributed by atoms with Gasteiger partial charge in [-0.05, 0) is 30.2 Å². The van der Waals surface area contributed by atoms with Gasteiger partial charge in [0, 0.05) is 32.9 Å². The number of aryl methyl sites for hydroxylation is 1. The van der Waals surface area contributed by atoms with Crippen molar-refractivity contribution in [3.8, 4) is 0 Å². The van der Waals surface area contributed by atoms with Crippen molar-refractivity contribution in [1.29, 1.82) is 0 Å². The number of imidazole rings is 1. The molecule has 0 fully saturated rings. The maximum Gasteiger partial charge on any atom is 0.332 e. The molecule has 9 heteroatoms. The molecule has 0 spiro atoms. The molecule has 148 valence electrons. The lowest BCUT2D eigenvalue weighted by atomic mass is 10.1. The van der Waals surface area contributed by atoms with Crippen molar-refractivity contribution in [2.24, 2.45) is 13.0 Å². The number of nitrogens with zero attached hydrogens (tertiary/aromatic N) is 5. The third-order valence-electron chi connectivity index (χ3n) is 5.10. The second-order valence-corrected chi connectivity index (χ2v) is 7.18. The maximum absolute atomic E-state index is 13.4. The van der Waals surface area contributed by atoms with Gasteiger partial charge < -0.3 is 14.2 Å². The third-order valence-corrected chi connectivity index (χ3v) is 5.10. The van der Waals surface area contributed by atoms with E-state index < -0.39 is 5.69 Å². The van der Waals surface area contributed by atoms with Crippen LogP contribution in [-0.2, 0) is 24.9 Å². The Hall–Kier alpha value is -2.94. The van der Waals surface area contributed by atoms with Crippen LogP contribution in [0.5, 0.6) is 0 Å². The Labute approximate surface area is 160 Å². The average molecular weight is 387 g/mol. The summed E-state index contributed by atoms with van der Waals surface area (Å²) in [6, 6.07) is 6.17. The molecule has 0 N–H and O–H groups in total. The molecule has 0 saturated carbocycles. The number of aromatic nitrogens is 4. The van der Waals surface area contributed by atoms with Gasteiger partial charge in [-0.1, -0.05) is 6.92 Å². The first-order valence-corrected chi connectivity index (χ1v) is 9.14. The summed E-state index contributed by atoms with van der Waals surface area (Å²) >= 11 is 0. The van der Waals surface area contributed by atoms with Crippen LogP contribution in [0.1, 0.15) is 6.92 Å². The van der Waals surface area contributed by atoms with E-state index in [4.69, 9.17) is 4.74 Å². The monoisotopic (exact) mass is 387 g/mol. The number of ether oxygens (including phenoxy) is 1. The minimum Gasteiger partial charge on any atom is -0.383 e. The highest BCUT2D eigenvalue weighted by atomic mass is 19.1. The predicted molar refractivity (Wildman–Crippen MR) is 104 cm³/mol. The summed E-state index contributed by atoms with van der Waals surface area (Å²) in [6.45, 7) is 3.81. The Balaban J connectivity index is 1.96. The SMILES string of the molecule is COCCn1c(=O)c2c(nc3n2C[C@@H](C)CN3c2ccc(F)cc2)n(C)c1=O. The van der Waals surface area contributed by atoms with E-state index >= 15 is 0 Å².